The molecule has 0 aliphatic carbocycles. The van der Waals surface area contributed by atoms with E-state index >= 15 is 0 Å². The summed E-state index contributed by atoms with van der Waals surface area (Å²) in [4.78, 5) is 21.9. The lowest BCUT2D eigenvalue weighted by atomic mass is 10.2. The fraction of sp³-hybridized carbons (Fsp3) is 0.750. The monoisotopic (exact) mass is 200 g/mol. The Labute approximate surface area is 83.1 Å². The molecule has 0 spiro atoms. The van der Waals surface area contributed by atoms with Gasteiger partial charge < -0.3 is 0 Å². The molecular weight excluding hydrogens is 184 g/mol. The molecule has 0 aliphatic heterocycles. The van der Waals surface area contributed by atoms with Gasteiger partial charge in [0, 0.05) is 11.8 Å². The number of nitrogens with zero attached hydrogens (tertiary/aromatic N) is 2. The molecule has 80 valence electrons. The van der Waals surface area contributed by atoms with Gasteiger partial charge >= 0.3 is 0 Å². The Morgan fingerprint density at radius 1 is 0.857 bits per heavy atom. The molecule has 2 N–H and O–H groups in total. The van der Waals surface area contributed by atoms with Crippen LogP contribution in [0.25, 0.3) is 0 Å². The van der Waals surface area contributed by atoms with Gasteiger partial charge in [-0.25, -0.2) is 10.9 Å². The Kier molecular flexibility index (Phi) is 5.43. The number of hydrogen-bond acceptors (Lipinski definition) is 4. The predicted molar refractivity (Wildman–Crippen MR) is 50.8 cm³/mol. The summed E-state index contributed by atoms with van der Waals surface area (Å²) in [7, 11) is 0. The molecule has 6 heteroatoms. The zero-order valence-electron chi connectivity index (χ0n) is 8.87. The van der Waals surface area contributed by atoms with Crippen LogP contribution in [-0.4, -0.2) is 11.8 Å². The minimum Gasteiger partial charge on any atom is -0.273 e. The number of carbonyl (C=O) groups excluding carboxylic acids is 2. The van der Waals surface area contributed by atoms with Crippen molar-refractivity contribution in [2.75, 3.05) is 0 Å². The Bertz CT molecular complexity index is 211. The molecule has 0 aliphatic rings. The van der Waals surface area contributed by atoms with Gasteiger partial charge in [-0.3, -0.25) is 9.59 Å². The first-order valence-corrected chi connectivity index (χ1v) is 4.44. The Morgan fingerprint density at radius 3 is 1.36 bits per heavy atom. The van der Waals surface area contributed by atoms with Gasteiger partial charge in [-0.2, -0.15) is 0 Å². The maximum atomic E-state index is 10.9. The minimum absolute atomic E-state index is 0.158. The van der Waals surface area contributed by atoms with Crippen LogP contribution in [0.2, 0.25) is 0 Å². The highest BCUT2D eigenvalue weighted by Gasteiger charge is 2.06. The van der Waals surface area contributed by atoms with Crippen LogP contribution in [-0.2, 0) is 9.59 Å². The fourth-order valence-corrected chi connectivity index (χ4v) is 0.407. The van der Waals surface area contributed by atoms with Crippen LogP contribution in [0.3, 0.4) is 0 Å². The Morgan fingerprint density at radius 2 is 1.14 bits per heavy atom. The van der Waals surface area contributed by atoms with Gasteiger partial charge in [-0.1, -0.05) is 27.7 Å². The van der Waals surface area contributed by atoms with Crippen molar-refractivity contribution in [1.29, 1.82) is 0 Å². The molecular formula is C8H16N4O2. The molecule has 0 aromatic rings. The van der Waals surface area contributed by atoms with Crippen molar-refractivity contribution in [3.05, 3.63) is 0 Å². The molecule has 2 amide bonds. The van der Waals surface area contributed by atoms with Gasteiger partial charge in [0.25, 0.3) is 0 Å². The molecule has 0 radical (unpaired) electrons. The fourth-order valence-electron chi connectivity index (χ4n) is 0.407. The highest BCUT2D eigenvalue weighted by atomic mass is 16.2. The van der Waals surface area contributed by atoms with Crippen LogP contribution in [0.15, 0.2) is 10.4 Å². The van der Waals surface area contributed by atoms with Crippen LogP contribution in [0.5, 0.6) is 0 Å². The first kappa shape index (κ1) is 12.5. The van der Waals surface area contributed by atoms with E-state index in [9.17, 15) is 9.59 Å². The molecule has 0 aromatic carbocycles. The van der Waals surface area contributed by atoms with E-state index in [4.69, 9.17) is 0 Å². The van der Waals surface area contributed by atoms with E-state index in [-0.39, 0.29) is 23.7 Å². The van der Waals surface area contributed by atoms with E-state index in [2.05, 4.69) is 21.3 Å². The average Bonchev–Trinajstić information content (AvgIpc) is 2.11. The summed E-state index contributed by atoms with van der Waals surface area (Å²) >= 11 is 0. The molecule has 0 fully saturated rings. The van der Waals surface area contributed by atoms with E-state index in [1.165, 1.54) is 0 Å². The third-order valence-electron chi connectivity index (χ3n) is 1.42. The van der Waals surface area contributed by atoms with Crippen molar-refractivity contribution >= 4 is 11.8 Å². The molecule has 0 atom stereocenters. The Hall–Kier alpha value is -1.46. The van der Waals surface area contributed by atoms with E-state index in [0.29, 0.717) is 0 Å². The molecule has 0 saturated heterocycles. The highest BCUT2D eigenvalue weighted by Crippen LogP contribution is 1.91. The SMILES string of the molecule is CC(C)C(=O)NN=NNC(=O)C(C)C. The quantitative estimate of drug-likeness (QED) is 0.520. The van der Waals surface area contributed by atoms with Crippen LogP contribution in [0, 0.1) is 11.8 Å². The van der Waals surface area contributed by atoms with Crippen molar-refractivity contribution in [3.63, 3.8) is 0 Å². The van der Waals surface area contributed by atoms with Crippen LogP contribution < -0.4 is 10.9 Å². The third-order valence-corrected chi connectivity index (χ3v) is 1.42. The molecule has 0 aromatic heterocycles. The first-order chi connectivity index (χ1) is 6.45. The molecule has 0 rings (SSSR count). The summed E-state index contributed by atoms with van der Waals surface area (Å²) in [5, 5.41) is 6.62. The van der Waals surface area contributed by atoms with Crippen LogP contribution in [0.4, 0.5) is 0 Å². The van der Waals surface area contributed by atoms with Gasteiger partial charge in [-0.05, 0) is 10.4 Å². The number of amides is 2. The van der Waals surface area contributed by atoms with Crippen molar-refractivity contribution in [2.45, 2.75) is 27.7 Å². The standard InChI is InChI=1S/C8H16N4O2/c1-5(2)7(13)9-11-12-10-8(14)6(3)4/h5-6H,1-4H3,(H,9,12,13)(H,10,11,14). The number of nitrogens with one attached hydrogen (secondary N) is 2. The average molecular weight is 200 g/mol. The van der Waals surface area contributed by atoms with Crippen LogP contribution in [0.1, 0.15) is 27.7 Å². The summed E-state index contributed by atoms with van der Waals surface area (Å²) in [6.07, 6.45) is 0. The molecule has 0 saturated carbocycles. The highest BCUT2D eigenvalue weighted by molar-refractivity contribution is 5.78. The van der Waals surface area contributed by atoms with Crippen molar-refractivity contribution in [2.24, 2.45) is 22.3 Å². The molecule has 6 nitrogen and oxygen atoms in total. The van der Waals surface area contributed by atoms with E-state index in [0.717, 1.165) is 0 Å². The number of hydrogen-bond donors (Lipinski definition) is 2. The van der Waals surface area contributed by atoms with Crippen LogP contribution >= 0.6 is 0 Å². The van der Waals surface area contributed by atoms with Gasteiger partial charge in [-0.15, -0.1) is 0 Å². The zero-order valence-corrected chi connectivity index (χ0v) is 8.87. The lowest BCUT2D eigenvalue weighted by Gasteiger charge is -2.02. The van der Waals surface area contributed by atoms with Gasteiger partial charge in [0.05, 0.1) is 0 Å². The summed E-state index contributed by atoms with van der Waals surface area (Å²) in [6, 6.07) is 0. The largest absolute Gasteiger partial charge is 0.273 e. The van der Waals surface area contributed by atoms with Gasteiger partial charge in [0.15, 0.2) is 0 Å². The molecule has 0 unspecified atom stereocenters. The second kappa shape index (κ2) is 6.06. The van der Waals surface area contributed by atoms with Gasteiger partial charge in [0.2, 0.25) is 11.8 Å². The summed E-state index contributed by atoms with van der Waals surface area (Å²) in [5.74, 6) is -0.801. The molecule has 0 heterocycles. The molecule has 0 bridgehead atoms. The topological polar surface area (TPSA) is 82.9 Å². The summed E-state index contributed by atoms with van der Waals surface area (Å²) < 4.78 is 0. The Balaban J connectivity index is 3.75. The lowest BCUT2D eigenvalue weighted by molar-refractivity contribution is -0.125. The third kappa shape index (κ3) is 5.23. The summed E-state index contributed by atoms with van der Waals surface area (Å²) in [6.45, 7) is 6.93. The van der Waals surface area contributed by atoms with Crippen molar-refractivity contribution in [3.8, 4) is 0 Å². The normalized spacial score (nSPS) is 11.0. The molecule has 14 heavy (non-hydrogen) atoms. The zero-order chi connectivity index (χ0) is 11.1. The lowest BCUT2D eigenvalue weighted by Crippen LogP contribution is -2.25. The summed E-state index contributed by atoms with van der Waals surface area (Å²) in [5.41, 5.74) is 4.36. The van der Waals surface area contributed by atoms with E-state index < -0.39 is 0 Å². The van der Waals surface area contributed by atoms with Crippen molar-refractivity contribution in [1.82, 2.24) is 10.9 Å². The minimum atomic E-state index is -0.243. The second-order valence-corrected chi connectivity index (χ2v) is 3.46. The first-order valence-electron chi connectivity index (χ1n) is 4.44. The maximum absolute atomic E-state index is 10.9. The smallest absolute Gasteiger partial charge is 0.244 e. The van der Waals surface area contributed by atoms with Crippen molar-refractivity contribution < 1.29 is 9.59 Å². The number of rotatable bonds is 4. The van der Waals surface area contributed by atoms with E-state index in [1.54, 1.807) is 27.7 Å². The number of carbonyl (C=O) groups is 2. The van der Waals surface area contributed by atoms with Gasteiger partial charge in [0.1, 0.15) is 0 Å². The predicted octanol–water partition coefficient (Wildman–Crippen LogP) is 0.813. The maximum Gasteiger partial charge on any atom is 0.244 e. The second-order valence-electron chi connectivity index (χ2n) is 3.46. The van der Waals surface area contributed by atoms with E-state index in [1.807, 2.05) is 0 Å².